The van der Waals surface area contributed by atoms with E-state index >= 15 is 0 Å². The highest BCUT2D eigenvalue weighted by molar-refractivity contribution is 5.80. The summed E-state index contributed by atoms with van der Waals surface area (Å²) in [6.45, 7) is -2.93. The van der Waals surface area contributed by atoms with Crippen molar-refractivity contribution in [2.45, 2.75) is 25.8 Å². The zero-order valence-corrected chi connectivity index (χ0v) is 14.1. The monoisotopic (exact) mass is 356 g/mol. The second-order valence-corrected chi connectivity index (χ2v) is 5.46. The molecule has 2 aromatic carbocycles. The summed E-state index contributed by atoms with van der Waals surface area (Å²) in [5.41, 5.74) is 3.33. The highest BCUT2D eigenvalue weighted by Gasteiger charge is 2.16. The molecule has 0 bridgehead atoms. The molecule has 7 nitrogen and oxygen atoms in total. The molecule has 0 fully saturated rings. The zero-order chi connectivity index (χ0) is 22.6. The predicted molar refractivity (Wildman–Crippen MR) is 98.0 cm³/mol. The third-order valence-electron chi connectivity index (χ3n) is 3.87. The molecule has 0 spiro atoms. The molecule has 0 saturated heterocycles. The van der Waals surface area contributed by atoms with Gasteiger partial charge in [-0.2, -0.15) is 5.21 Å². The number of hydrogen-bond acceptors (Lipinski definition) is 6. The highest BCUT2D eigenvalue weighted by Crippen LogP contribution is 2.29. The molecular weight excluding hydrogens is 330 g/mol. The highest BCUT2D eigenvalue weighted by atomic mass is 16.5. The van der Waals surface area contributed by atoms with E-state index in [2.05, 4.69) is 30.7 Å². The summed E-state index contributed by atoms with van der Waals surface area (Å²) in [5.74, 6) is -0.513. The number of aromatic nitrogens is 4. The van der Waals surface area contributed by atoms with Crippen molar-refractivity contribution in [3.8, 4) is 22.5 Å². The number of methoxy groups -OCH3 is 1. The summed E-state index contributed by atoms with van der Waals surface area (Å²) >= 11 is 0. The van der Waals surface area contributed by atoms with Crippen molar-refractivity contribution in [3.05, 3.63) is 54.1 Å². The van der Waals surface area contributed by atoms with E-state index in [9.17, 15) is 4.79 Å². The van der Waals surface area contributed by atoms with E-state index in [0.717, 1.165) is 29.4 Å². The quantitative estimate of drug-likeness (QED) is 0.632. The van der Waals surface area contributed by atoms with Crippen molar-refractivity contribution in [2.24, 2.45) is 0 Å². The summed E-state index contributed by atoms with van der Waals surface area (Å²) < 4.78 is 42.6. The van der Waals surface area contributed by atoms with Gasteiger partial charge in [-0.25, -0.2) is 0 Å². The zero-order valence-electron chi connectivity index (χ0n) is 19.1. The number of H-pyrrole nitrogens is 1. The molecule has 0 aliphatic carbocycles. The molecule has 7 heteroatoms. The predicted octanol–water partition coefficient (Wildman–Crippen LogP) is 2.57. The van der Waals surface area contributed by atoms with Crippen LogP contribution in [0.5, 0.6) is 0 Å². The molecule has 134 valence electrons. The number of hydrogen-bond donors (Lipinski definition) is 2. The maximum atomic E-state index is 12.0. The number of carbonyl (C=O) groups excluding carboxylic acids is 1. The number of aromatic amines is 1. The summed E-state index contributed by atoms with van der Waals surface area (Å²) in [5, 5.41) is 16.8. The SMILES string of the molecule is [2H]C([2H])([2H])C([2H])([2H])[C@H](NCc1ccc(-c2ccccc2-c2nn[nH]n2)cc1)C(=O)OC. The molecule has 1 atom stereocenters. The van der Waals surface area contributed by atoms with Crippen molar-refractivity contribution in [1.29, 1.82) is 0 Å². The van der Waals surface area contributed by atoms with Gasteiger partial charge in [-0.1, -0.05) is 55.4 Å². The lowest BCUT2D eigenvalue weighted by Gasteiger charge is -2.14. The molecule has 3 rings (SSSR count). The third-order valence-corrected chi connectivity index (χ3v) is 3.87. The van der Waals surface area contributed by atoms with Gasteiger partial charge in [0.2, 0.25) is 5.82 Å². The van der Waals surface area contributed by atoms with E-state index in [-0.39, 0.29) is 6.54 Å². The van der Waals surface area contributed by atoms with Crippen LogP contribution >= 0.6 is 0 Å². The van der Waals surface area contributed by atoms with Gasteiger partial charge in [0, 0.05) is 19.0 Å². The summed E-state index contributed by atoms with van der Waals surface area (Å²) in [6, 6.07) is 13.3. The van der Waals surface area contributed by atoms with Crippen molar-refractivity contribution in [1.82, 2.24) is 25.9 Å². The number of nitrogens with one attached hydrogen (secondary N) is 2. The Kier molecular flexibility index (Phi) is 3.96. The van der Waals surface area contributed by atoms with Gasteiger partial charge in [-0.15, -0.1) is 10.2 Å². The fraction of sp³-hybridized carbons (Fsp3) is 0.263. The molecule has 26 heavy (non-hydrogen) atoms. The maximum Gasteiger partial charge on any atom is 0.322 e. The van der Waals surface area contributed by atoms with Crippen LogP contribution in [0.15, 0.2) is 48.5 Å². The van der Waals surface area contributed by atoms with E-state index in [0.29, 0.717) is 5.82 Å². The Morgan fingerprint density at radius 2 is 2.04 bits per heavy atom. The molecule has 0 saturated carbocycles. The Hall–Kier alpha value is -3.06. The van der Waals surface area contributed by atoms with Crippen LogP contribution in [0.2, 0.25) is 0 Å². The van der Waals surface area contributed by atoms with Crippen molar-refractivity contribution in [3.63, 3.8) is 0 Å². The van der Waals surface area contributed by atoms with Gasteiger partial charge >= 0.3 is 5.97 Å². The topological polar surface area (TPSA) is 92.8 Å². The first kappa shape index (κ1) is 12.3. The van der Waals surface area contributed by atoms with Gasteiger partial charge in [0.15, 0.2) is 0 Å². The Morgan fingerprint density at radius 3 is 2.69 bits per heavy atom. The van der Waals surface area contributed by atoms with Crippen LogP contribution in [0.1, 0.15) is 25.6 Å². The molecule has 1 heterocycles. The number of esters is 1. The molecule has 0 radical (unpaired) electrons. The fourth-order valence-corrected chi connectivity index (χ4v) is 2.54. The molecule has 0 aliphatic rings. The van der Waals surface area contributed by atoms with E-state index in [4.69, 9.17) is 6.85 Å². The van der Waals surface area contributed by atoms with Gasteiger partial charge in [0.25, 0.3) is 0 Å². The smallest absolute Gasteiger partial charge is 0.322 e. The number of ether oxygens (including phenoxy) is 1. The Morgan fingerprint density at radius 1 is 1.27 bits per heavy atom. The van der Waals surface area contributed by atoms with Gasteiger partial charge in [-0.05, 0) is 28.3 Å². The van der Waals surface area contributed by atoms with Crippen LogP contribution in [0.3, 0.4) is 0 Å². The van der Waals surface area contributed by atoms with Gasteiger partial charge in [-0.3, -0.25) is 4.79 Å². The van der Waals surface area contributed by atoms with E-state index in [1.807, 2.05) is 36.4 Å². The normalized spacial score (nSPS) is 15.8. The van der Waals surface area contributed by atoms with Crippen molar-refractivity contribution >= 4 is 5.97 Å². The lowest BCUT2D eigenvalue weighted by molar-refractivity contribution is -0.143. The van der Waals surface area contributed by atoms with Crippen LogP contribution < -0.4 is 5.32 Å². The van der Waals surface area contributed by atoms with Crippen LogP contribution in [0.25, 0.3) is 22.5 Å². The molecular formula is C19H21N5O2. The van der Waals surface area contributed by atoms with Crippen LogP contribution in [0, 0.1) is 0 Å². The second kappa shape index (κ2) is 8.35. The van der Waals surface area contributed by atoms with E-state index in [1.165, 1.54) is 0 Å². The lowest BCUT2D eigenvalue weighted by atomic mass is 9.98. The average Bonchev–Trinajstić information content (AvgIpc) is 3.28. The first-order chi connectivity index (χ1) is 14.6. The lowest BCUT2D eigenvalue weighted by Crippen LogP contribution is -2.36. The standard InChI is InChI=1S/C19H21N5O2/c1-3-17(19(25)26-2)20-12-13-8-10-14(11-9-13)15-6-4-5-7-16(15)18-21-23-24-22-18/h4-11,17,20H,3,12H2,1-2H3,(H,21,22,23,24)/t17-/m0/s1/i1D3,3D2. The first-order valence-corrected chi connectivity index (χ1v) is 7.88. The first-order valence-electron chi connectivity index (χ1n) is 10.4. The third kappa shape index (κ3) is 3.94. The molecule has 0 unspecified atom stereocenters. The van der Waals surface area contributed by atoms with Crippen LogP contribution in [-0.2, 0) is 16.1 Å². The summed E-state index contributed by atoms with van der Waals surface area (Å²) in [7, 11) is 1.09. The average molecular weight is 356 g/mol. The molecule has 2 N–H and O–H groups in total. The maximum absolute atomic E-state index is 12.0. The molecule has 0 aliphatic heterocycles. The minimum Gasteiger partial charge on any atom is -0.468 e. The van der Waals surface area contributed by atoms with Gasteiger partial charge < -0.3 is 10.1 Å². The minimum atomic E-state index is -3.00. The Bertz CT molecular complexity index is 1020. The molecule has 0 amide bonds. The van der Waals surface area contributed by atoms with Crippen molar-refractivity contribution in [2.75, 3.05) is 7.11 Å². The number of nitrogens with zero attached hydrogens (tertiary/aromatic N) is 3. The second-order valence-electron chi connectivity index (χ2n) is 5.46. The fourth-order valence-electron chi connectivity index (χ4n) is 2.54. The van der Waals surface area contributed by atoms with Crippen molar-refractivity contribution < 1.29 is 16.4 Å². The number of tetrazole rings is 1. The van der Waals surface area contributed by atoms with Gasteiger partial charge in [0.1, 0.15) is 6.04 Å². The van der Waals surface area contributed by atoms with Gasteiger partial charge in [0.05, 0.1) is 7.11 Å². The molecule has 1 aromatic heterocycles. The Labute approximate surface area is 158 Å². The number of rotatable bonds is 7. The summed E-state index contributed by atoms with van der Waals surface area (Å²) in [6.07, 6.45) is -2.80. The van der Waals surface area contributed by atoms with E-state index < -0.39 is 25.2 Å². The number of carbonyl (C=O) groups is 1. The Balaban J connectivity index is 1.79. The largest absolute Gasteiger partial charge is 0.468 e. The number of benzene rings is 2. The molecule has 3 aromatic rings. The van der Waals surface area contributed by atoms with Crippen LogP contribution in [0.4, 0.5) is 0 Å². The van der Waals surface area contributed by atoms with E-state index in [1.54, 1.807) is 12.1 Å². The van der Waals surface area contributed by atoms with Crippen LogP contribution in [-0.4, -0.2) is 39.7 Å². The minimum absolute atomic E-state index is 0.0716. The summed E-state index contributed by atoms with van der Waals surface area (Å²) in [4.78, 5) is 12.0.